The predicted octanol–water partition coefficient (Wildman–Crippen LogP) is 2.08. The van der Waals surface area contributed by atoms with E-state index in [2.05, 4.69) is 5.32 Å². The molecule has 1 aliphatic rings. The van der Waals surface area contributed by atoms with E-state index in [4.69, 9.17) is 4.74 Å². The molecule has 0 radical (unpaired) electrons. The van der Waals surface area contributed by atoms with Crippen LogP contribution in [-0.2, 0) is 9.59 Å². The van der Waals surface area contributed by atoms with Gasteiger partial charge in [0.1, 0.15) is 5.75 Å². The molecule has 0 spiro atoms. The maximum absolute atomic E-state index is 12.4. The van der Waals surface area contributed by atoms with Crippen molar-refractivity contribution in [1.82, 2.24) is 10.2 Å². The molecular formula is C19H20N2O3. The Morgan fingerprint density at radius 3 is 2.42 bits per heavy atom. The Morgan fingerprint density at radius 2 is 1.75 bits per heavy atom. The second kappa shape index (κ2) is 7.17. The van der Waals surface area contributed by atoms with Gasteiger partial charge < -0.3 is 15.0 Å². The average Bonchev–Trinajstić information content (AvgIpc) is 2.62. The van der Waals surface area contributed by atoms with E-state index >= 15 is 0 Å². The van der Waals surface area contributed by atoms with Crippen LogP contribution in [0.3, 0.4) is 0 Å². The SMILES string of the molecule is CC(Oc1ccc(-c2ccccc2)cc1)C(=O)N1CCNC(=O)C1. The van der Waals surface area contributed by atoms with Crippen LogP contribution >= 0.6 is 0 Å². The van der Waals surface area contributed by atoms with E-state index in [9.17, 15) is 9.59 Å². The van der Waals surface area contributed by atoms with Gasteiger partial charge in [0.05, 0.1) is 6.54 Å². The number of benzene rings is 2. The van der Waals surface area contributed by atoms with Crippen molar-refractivity contribution in [3.63, 3.8) is 0 Å². The van der Waals surface area contributed by atoms with Crippen LogP contribution in [-0.4, -0.2) is 42.5 Å². The monoisotopic (exact) mass is 324 g/mol. The lowest BCUT2D eigenvalue weighted by Gasteiger charge is -2.29. The molecule has 24 heavy (non-hydrogen) atoms. The second-order valence-electron chi connectivity index (χ2n) is 5.76. The Labute approximate surface area is 141 Å². The van der Waals surface area contributed by atoms with Crippen LogP contribution < -0.4 is 10.1 Å². The van der Waals surface area contributed by atoms with Gasteiger partial charge >= 0.3 is 0 Å². The zero-order valence-corrected chi connectivity index (χ0v) is 13.6. The smallest absolute Gasteiger partial charge is 0.263 e. The van der Waals surface area contributed by atoms with Gasteiger partial charge in [0.2, 0.25) is 5.91 Å². The highest BCUT2D eigenvalue weighted by Crippen LogP contribution is 2.22. The summed E-state index contributed by atoms with van der Waals surface area (Å²) in [5.74, 6) is 0.336. The number of rotatable bonds is 4. The third-order valence-electron chi connectivity index (χ3n) is 3.97. The summed E-state index contributed by atoms with van der Waals surface area (Å²) < 4.78 is 5.73. The highest BCUT2D eigenvalue weighted by Gasteiger charge is 2.26. The molecule has 2 aromatic rings. The number of amides is 2. The quantitative estimate of drug-likeness (QED) is 0.937. The third-order valence-corrected chi connectivity index (χ3v) is 3.97. The fourth-order valence-electron chi connectivity index (χ4n) is 2.69. The van der Waals surface area contributed by atoms with Crippen LogP contribution in [0.4, 0.5) is 0 Å². The first-order valence-electron chi connectivity index (χ1n) is 8.01. The molecule has 1 unspecified atom stereocenters. The molecule has 2 amide bonds. The van der Waals surface area contributed by atoms with Crippen molar-refractivity contribution in [2.45, 2.75) is 13.0 Å². The minimum atomic E-state index is -0.626. The number of piperazine rings is 1. The zero-order valence-electron chi connectivity index (χ0n) is 13.6. The van der Waals surface area contributed by atoms with E-state index in [1.54, 1.807) is 6.92 Å². The van der Waals surface area contributed by atoms with Crippen LogP contribution in [0.25, 0.3) is 11.1 Å². The molecule has 0 aromatic heterocycles. The van der Waals surface area contributed by atoms with E-state index in [0.29, 0.717) is 18.8 Å². The lowest BCUT2D eigenvalue weighted by atomic mass is 10.1. The van der Waals surface area contributed by atoms with Crippen molar-refractivity contribution in [3.8, 4) is 16.9 Å². The van der Waals surface area contributed by atoms with Crippen molar-refractivity contribution in [1.29, 1.82) is 0 Å². The van der Waals surface area contributed by atoms with Gasteiger partial charge in [0.15, 0.2) is 6.10 Å². The zero-order chi connectivity index (χ0) is 16.9. The Kier molecular flexibility index (Phi) is 4.79. The van der Waals surface area contributed by atoms with E-state index < -0.39 is 6.10 Å². The maximum atomic E-state index is 12.4. The van der Waals surface area contributed by atoms with Crippen LogP contribution in [0.15, 0.2) is 54.6 Å². The van der Waals surface area contributed by atoms with Crippen molar-refractivity contribution < 1.29 is 14.3 Å². The molecule has 3 rings (SSSR count). The summed E-state index contributed by atoms with van der Waals surface area (Å²) in [6.07, 6.45) is -0.626. The van der Waals surface area contributed by atoms with Gasteiger partial charge in [-0.05, 0) is 30.2 Å². The summed E-state index contributed by atoms with van der Waals surface area (Å²) in [5, 5.41) is 2.70. The first-order valence-corrected chi connectivity index (χ1v) is 8.01. The molecule has 5 heteroatoms. The molecule has 0 saturated carbocycles. The molecule has 2 aromatic carbocycles. The molecule has 1 saturated heterocycles. The standard InChI is InChI=1S/C19H20N2O3/c1-14(19(23)21-12-11-20-18(22)13-21)24-17-9-7-16(8-10-17)15-5-3-2-4-6-15/h2-10,14H,11-13H2,1H3,(H,20,22). The minimum absolute atomic E-state index is 0.0967. The number of ether oxygens (including phenoxy) is 1. The fourth-order valence-corrected chi connectivity index (χ4v) is 2.69. The number of nitrogens with one attached hydrogen (secondary N) is 1. The van der Waals surface area contributed by atoms with Gasteiger partial charge in [-0.1, -0.05) is 42.5 Å². The Hall–Kier alpha value is -2.82. The Balaban J connectivity index is 1.63. The van der Waals surface area contributed by atoms with Gasteiger partial charge in [-0.15, -0.1) is 0 Å². The molecule has 0 aliphatic carbocycles. The lowest BCUT2D eigenvalue weighted by Crippen LogP contribution is -2.53. The van der Waals surface area contributed by atoms with Gasteiger partial charge in [0, 0.05) is 13.1 Å². The highest BCUT2D eigenvalue weighted by atomic mass is 16.5. The number of nitrogens with zero attached hydrogens (tertiary/aromatic N) is 1. The maximum Gasteiger partial charge on any atom is 0.263 e. The Morgan fingerprint density at radius 1 is 1.08 bits per heavy atom. The van der Waals surface area contributed by atoms with Crippen molar-refractivity contribution >= 4 is 11.8 Å². The van der Waals surface area contributed by atoms with Gasteiger partial charge in [-0.2, -0.15) is 0 Å². The van der Waals surface area contributed by atoms with Gasteiger partial charge in [-0.25, -0.2) is 0 Å². The molecule has 1 aliphatic heterocycles. The molecule has 1 N–H and O–H groups in total. The van der Waals surface area contributed by atoms with Crippen molar-refractivity contribution in [2.24, 2.45) is 0 Å². The summed E-state index contributed by atoms with van der Waals surface area (Å²) in [6, 6.07) is 17.7. The molecular weight excluding hydrogens is 304 g/mol. The van der Waals surface area contributed by atoms with E-state index in [1.807, 2.05) is 54.6 Å². The second-order valence-corrected chi connectivity index (χ2v) is 5.76. The van der Waals surface area contributed by atoms with Crippen LogP contribution in [0.5, 0.6) is 5.75 Å². The van der Waals surface area contributed by atoms with Gasteiger partial charge in [0.25, 0.3) is 5.91 Å². The van der Waals surface area contributed by atoms with Crippen molar-refractivity contribution in [2.75, 3.05) is 19.6 Å². The van der Waals surface area contributed by atoms with Crippen molar-refractivity contribution in [3.05, 3.63) is 54.6 Å². The molecule has 5 nitrogen and oxygen atoms in total. The molecule has 1 heterocycles. The first kappa shape index (κ1) is 16.1. The summed E-state index contributed by atoms with van der Waals surface area (Å²) >= 11 is 0. The van der Waals surface area contributed by atoms with E-state index in [-0.39, 0.29) is 18.4 Å². The summed E-state index contributed by atoms with van der Waals surface area (Å²) in [5.41, 5.74) is 2.22. The predicted molar refractivity (Wildman–Crippen MR) is 91.6 cm³/mol. The normalized spacial score (nSPS) is 15.5. The summed E-state index contributed by atoms with van der Waals surface area (Å²) in [6.45, 7) is 2.81. The third kappa shape index (κ3) is 3.74. The first-order chi connectivity index (χ1) is 11.6. The van der Waals surface area contributed by atoms with Crippen LogP contribution in [0, 0.1) is 0 Å². The number of hydrogen-bond donors (Lipinski definition) is 1. The lowest BCUT2D eigenvalue weighted by molar-refractivity contribution is -0.143. The van der Waals surface area contributed by atoms with Gasteiger partial charge in [-0.3, -0.25) is 9.59 Å². The number of carbonyl (C=O) groups is 2. The molecule has 1 atom stereocenters. The average molecular weight is 324 g/mol. The fraction of sp³-hybridized carbons (Fsp3) is 0.263. The molecule has 124 valence electrons. The minimum Gasteiger partial charge on any atom is -0.481 e. The molecule has 1 fully saturated rings. The highest BCUT2D eigenvalue weighted by molar-refractivity contribution is 5.88. The van der Waals surface area contributed by atoms with Crippen LogP contribution in [0.2, 0.25) is 0 Å². The number of carbonyl (C=O) groups excluding carboxylic acids is 2. The largest absolute Gasteiger partial charge is 0.481 e. The van der Waals surface area contributed by atoms with Crippen LogP contribution in [0.1, 0.15) is 6.92 Å². The van der Waals surface area contributed by atoms with E-state index in [0.717, 1.165) is 11.1 Å². The number of hydrogen-bond acceptors (Lipinski definition) is 3. The Bertz CT molecular complexity index is 713. The molecule has 0 bridgehead atoms. The summed E-state index contributed by atoms with van der Waals surface area (Å²) in [4.78, 5) is 25.3. The summed E-state index contributed by atoms with van der Waals surface area (Å²) in [7, 11) is 0. The van der Waals surface area contributed by atoms with E-state index in [1.165, 1.54) is 4.90 Å². The topological polar surface area (TPSA) is 58.6 Å².